The number of ether oxygens (including phenoxy) is 4. The Labute approximate surface area is 110 Å². The molecule has 1 saturated heterocycles. The molecule has 0 saturated carbocycles. The van der Waals surface area contributed by atoms with E-state index in [1.807, 2.05) is 0 Å². The lowest BCUT2D eigenvalue weighted by Crippen LogP contribution is -2.42. The van der Waals surface area contributed by atoms with Gasteiger partial charge in [-0.05, 0) is 12.1 Å². The van der Waals surface area contributed by atoms with Crippen molar-refractivity contribution in [2.24, 2.45) is 0 Å². The second-order valence-corrected chi connectivity index (χ2v) is 4.30. The lowest BCUT2D eigenvalue weighted by molar-refractivity contribution is -0.137. The van der Waals surface area contributed by atoms with Crippen molar-refractivity contribution in [3.8, 4) is 17.2 Å². The zero-order valence-corrected chi connectivity index (χ0v) is 10.5. The van der Waals surface area contributed by atoms with Crippen molar-refractivity contribution in [1.82, 2.24) is 4.90 Å². The Morgan fingerprint density at radius 3 is 2.84 bits per heavy atom. The molecule has 1 aromatic rings. The van der Waals surface area contributed by atoms with Crippen LogP contribution < -0.4 is 14.2 Å². The summed E-state index contributed by atoms with van der Waals surface area (Å²) in [6.45, 7) is 2.70. The van der Waals surface area contributed by atoms with Gasteiger partial charge in [-0.25, -0.2) is 0 Å². The van der Waals surface area contributed by atoms with Crippen LogP contribution >= 0.6 is 0 Å². The lowest BCUT2D eigenvalue weighted by atomic mass is 10.3. The van der Waals surface area contributed by atoms with Gasteiger partial charge in [-0.2, -0.15) is 0 Å². The van der Waals surface area contributed by atoms with Gasteiger partial charge in [0.2, 0.25) is 6.79 Å². The Hall–Kier alpha value is -1.95. The minimum atomic E-state index is -0.0269. The van der Waals surface area contributed by atoms with E-state index in [4.69, 9.17) is 18.9 Å². The molecule has 1 amide bonds. The fraction of sp³-hybridized carbons (Fsp3) is 0.462. The van der Waals surface area contributed by atoms with E-state index in [-0.39, 0.29) is 19.3 Å². The van der Waals surface area contributed by atoms with Gasteiger partial charge in [0.15, 0.2) is 18.1 Å². The molecular weight excluding hydrogens is 250 g/mol. The molecule has 102 valence electrons. The largest absolute Gasteiger partial charge is 0.484 e. The summed E-state index contributed by atoms with van der Waals surface area (Å²) in [5.41, 5.74) is 0. The molecule has 6 heteroatoms. The van der Waals surface area contributed by atoms with E-state index in [9.17, 15) is 4.79 Å². The summed E-state index contributed by atoms with van der Waals surface area (Å²) in [5.74, 6) is 1.93. The maximum atomic E-state index is 11.9. The van der Waals surface area contributed by atoms with Crippen LogP contribution in [0.4, 0.5) is 0 Å². The zero-order chi connectivity index (χ0) is 13.1. The second kappa shape index (κ2) is 5.36. The van der Waals surface area contributed by atoms with Crippen LogP contribution in [0.1, 0.15) is 0 Å². The molecule has 0 aromatic heterocycles. The van der Waals surface area contributed by atoms with Gasteiger partial charge in [0.1, 0.15) is 5.75 Å². The number of nitrogens with zero attached hydrogens (tertiary/aromatic N) is 1. The third-order valence-corrected chi connectivity index (χ3v) is 3.07. The van der Waals surface area contributed by atoms with Crippen LogP contribution in [0.3, 0.4) is 0 Å². The molecule has 0 spiro atoms. The number of hydrogen-bond acceptors (Lipinski definition) is 5. The quantitative estimate of drug-likeness (QED) is 0.803. The van der Waals surface area contributed by atoms with Crippen LogP contribution in [0, 0.1) is 0 Å². The molecular formula is C13H15NO5. The van der Waals surface area contributed by atoms with Crippen LogP contribution in [0.5, 0.6) is 17.2 Å². The summed E-state index contributed by atoms with van der Waals surface area (Å²) in [7, 11) is 0. The van der Waals surface area contributed by atoms with E-state index in [1.165, 1.54) is 0 Å². The summed E-state index contributed by atoms with van der Waals surface area (Å²) in [6.07, 6.45) is 0. The Bertz CT molecular complexity index is 470. The molecule has 0 atom stereocenters. The topological polar surface area (TPSA) is 57.2 Å². The van der Waals surface area contributed by atoms with Crippen molar-refractivity contribution in [3.63, 3.8) is 0 Å². The van der Waals surface area contributed by atoms with Crippen LogP contribution in [0.2, 0.25) is 0 Å². The second-order valence-electron chi connectivity index (χ2n) is 4.30. The van der Waals surface area contributed by atoms with E-state index in [1.54, 1.807) is 23.1 Å². The molecule has 0 N–H and O–H groups in total. The molecule has 2 aliphatic rings. The predicted octanol–water partition coefficient (Wildman–Crippen LogP) is 0.653. The number of benzene rings is 1. The number of carbonyl (C=O) groups is 1. The minimum absolute atomic E-state index is 0.0269. The molecule has 0 unspecified atom stereocenters. The van der Waals surface area contributed by atoms with E-state index < -0.39 is 0 Å². The molecule has 0 radical (unpaired) electrons. The van der Waals surface area contributed by atoms with Gasteiger partial charge in [0, 0.05) is 19.2 Å². The third kappa shape index (κ3) is 2.73. The molecule has 6 nitrogen and oxygen atoms in total. The zero-order valence-electron chi connectivity index (χ0n) is 10.5. The predicted molar refractivity (Wildman–Crippen MR) is 65.5 cm³/mol. The van der Waals surface area contributed by atoms with Gasteiger partial charge in [-0.3, -0.25) is 4.79 Å². The monoisotopic (exact) mass is 265 g/mol. The van der Waals surface area contributed by atoms with Crippen molar-refractivity contribution >= 4 is 5.91 Å². The van der Waals surface area contributed by atoms with Crippen LogP contribution in [-0.2, 0) is 9.53 Å². The SMILES string of the molecule is O=C(COc1ccc2c(c1)OCO2)N1CCOCC1. The Morgan fingerprint density at radius 1 is 1.21 bits per heavy atom. The Balaban J connectivity index is 1.55. The van der Waals surface area contributed by atoms with E-state index >= 15 is 0 Å². The number of fused-ring (bicyclic) bond motifs is 1. The third-order valence-electron chi connectivity index (χ3n) is 3.07. The minimum Gasteiger partial charge on any atom is -0.484 e. The Morgan fingerprint density at radius 2 is 2.00 bits per heavy atom. The molecule has 3 rings (SSSR count). The maximum absolute atomic E-state index is 11.9. The summed E-state index contributed by atoms with van der Waals surface area (Å²) < 4.78 is 21.1. The van der Waals surface area contributed by atoms with E-state index in [0.717, 1.165) is 0 Å². The maximum Gasteiger partial charge on any atom is 0.260 e. The van der Waals surface area contributed by atoms with Crippen molar-refractivity contribution in [2.75, 3.05) is 39.7 Å². The lowest BCUT2D eigenvalue weighted by Gasteiger charge is -2.26. The average molecular weight is 265 g/mol. The fourth-order valence-electron chi connectivity index (χ4n) is 2.02. The van der Waals surface area contributed by atoms with Gasteiger partial charge in [-0.15, -0.1) is 0 Å². The summed E-state index contributed by atoms with van der Waals surface area (Å²) in [6, 6.07) is 5.27. The van der Waals surface area contributed by atoms with E-state index in [0.29, 0.717) is 43.6 Å². The highest BCUT2D eigenvalue weighted by Crippen LogP contribution is 2.35. The smallest absolute Gasteiger partial charge is 0.260 e. The van der Waals surface area contributed by atoms with Gasteiger partial charge < -0.3 is 23.8 Å². The highest BCUT2D eigenvalue weighted by atomic mass is 16.7. The van der Waals surface area contributed by atoms with Crippen molar-refractivity contribution < 1.29 is 23.7 Å². The van der Waals surface area contributed by atoms with Crippen molar-refractivity contribution in [3.05, 3.63) is 18.2 Å². The van der Waals surface area contributed by atoms with Crippen LogP contribution in [0.25, 0.3) is 0 Å². The van der Waals surface area contributed by atoms with Gasteiger partial charge in [0.25, 0.3) is 5.91 Å². The highest BCUT2D eigenvalue weighted by molar-refractivity contribution is 5.77. The van der Waals surface area contributed by atoms with Crippen molar-refractivity contribution in [1.29, 1.82) is 0 Å². The van der Waals surface area contributed by atoms with Crippen molar-refractivity contribution in [2.45, 2.75) is 0 Å². The fourth-order valence-corrected chi connectivity index (χ4v) is 2.02. The summed E-state index contributed by atoms with van der Waals surface area (Å²) >= 11 is 0. The van der Waals surface area contributed by atoms with Gasteiger partial charge in [-0.1, -0.05) is 0 Å². The van der Waals surface area contributed by atoms with Crippen LogP contribution in [-0.4, -0.2) is 50.5 Å². The number of carbonyl (C=O) groups excluding carboxylic acids is 1. The average Bonchev–Trinajstić information content (AvgIpc) is 2.93. The van der Waals surface area contributed by atoms with E-state index in [2.05, 4.69) is 0 Å². The number of amides is 1. The first kappa shape index (κ1) is 12.1. The van der Waals surface area contributed by atoms with Gasteiger partial charge in [0.05, 0.1) is 13.2 Å². The highest BCUT2D eigenvalue weighted by Gasteiger charge is 2.18. The molecule has 2 heterocycles. The first-order valence-corrected chi connectivity index (χ1v) is 6.21. The summed E-state index contributed by atoms with van der Waals surface area (Å²) in [4.78, 5) is 13.6. The number of hydrogen-bond donors (Lipinski definition) is 0. The normalized spacial score (nSPS) is 17.4. The Kier molecular flexibility index (Phi) is 3.41. The molecule has 0 bridgehead atoms. The molecule has 19 heavy (non-hydrogen) atoms. The molecule has 1 aromatic carbocycles. The number of rotatable bonds is 3. The molecule has 1 fully saturated rings. The number of morpholine rings is 1. The van der Waals surface area contributed by atoms with Crippen LogP contribution in [0.15, 0.2) is 18.2 Å². The van der Waals surface area contributed by atoms with Gasteiger partial charge >= 0.3 is 0 Å². The first-order valence-electron chi connectivity index (χ1n) is 6.21. The first-order chi connectivity index (χ1) is 9.33. The molecule has 2 aliphatic heterocycles. The summed E-state index contributed by atoms with van der Waals surface area (Å²) in [5, 5.41) is 0. The standard InChI is InChI=1S/C13H15NO5/c15-13(14-3-5-16-6-4-14)8-17-10-1-2-11-12(7-10)19-9-18-11/h1-2,7H,3-6,8-9H2. The molecule has 0 aliphatic carbocycles.